The lowest BCUT2D eigenvalue weighted by Crippen LogP contribution is -2.31. The molecule has 0 N–H and O–H groups in total. The van der Waals surface area contributed by atoms with E-state index in [9.17, 15) is 0 Å². The summed E-state index contributed by atoms with van der Waals surface area (Å²) in [6.07, 6.45) is 41.9. The molecular weight excluding hydrogens is 607 g/mol. The van der Waals surface area contributed by atoms with E-state index in [4.69, 9.17) is 4.99 Å². The SMILES string of the molecule is C1=CCC(N2C3=CC=C(c4ccc5c(c4)c4c(n5C5C=C(c6ccccc6)N=C(C6CC=CCC6)C5)CCC=C4)CC3C3=C2C=CCC3)C=C1. The van der Waals surface area contributed by atoms with Gasteiger partial charge in [0.1, 0.15) is 0 Å². The summed E-state index contributed by atoms with van der Waals surface area (Å²) < 4.78 is 2.70. The molecule has 0 saturated carbocycles. The van der Waals surface area contributed by atoms with Gasteiger partial charge in [-0.25, -0.2) is 0 Å². The Bertz CT molecular complexity index is 2190. The minimum Gasteiger partial charge on any atom is -0.337 e. The molecule has 3 heteroatoms. The van der Waals surface area contributed by atoms with Crippen LogP contribution in [0.2, 0.25) is 0 Å². The first-order chi connectivity index (χ1) is 24.8. The normalized spacial score (nSPS) is 26.8. The Balaban J connectivity index is 1.04. The summed E-state index contributed by atoms with van der Waals surface area (Å²) in [6.45, 7) is 0. The molecule has 0 radical (unpaired) electrons. The standard InChI is InChI=1S/C47H45N3/c1-4-14-32(15-5-1)42-30-37(31-43(48-42)33-16-6-2-7-17-33)50-45-23-13-11-21-39(45)41-29-35(25-27-47(41)50)34-24-26-46-40(28-34)38-20-10-12-22-44(38)49(46)36-18-8-3-9-19-36/h1-6,8-9,11-12,14-15,18,21-22,24-27,29-30,33,36-37,40H,7,10,13,16-17,19-20,23,28,31H2. The van der Waals surface area contributed by atoms with E-state index in [0.29, 0.717) is 17.9 Å². The molecule has 248 valence electrons. The minimum atomic E-state index is 0.254. The molecular formula is C47H45N3. The fraction of sp³-hybridized carbons (Fsp3) is 0.298. The molecule has 0 saturated heterocycles. The summed E-state index contributed by atoms with van der Waals surface area (Å²) in [5.41, 5.74) is 15.4. The summed E-state index contributed by atoms with van der Waals surface area (Å²) in [5.74, 6) is 1.00. The van der Waals surface area contributed by atoms with Crippen molar-refractivity contribution < 1.29 is 0 Å². The van der Waals surface area contributed by atoms with Crippen molar-refractivity contribution in [1.29, 1.82) is 0 Å². The van der Waals surface area contributed by atoms with Crippen molar-refractivity contribution in [3.8, 4) is 0 Å². The monoisotopic (exact) mass is 651 g/mol. The van der Waals surface area contributed by atoms with E-state index in [-0.39, 0.29) is 6.04 Å². The van der Waals surface area contributed by atoms with Crippen molar-refractivity contribution in [2.24, 2.45) is 16.8 Å². The molecule has 0 fully saturated rings. The molecule has 3 heterocycles. The fourth-order valence-corrected chi connectivity index (χ4v) is 9.80. The summed E-state index contributed by atoms with van der Waals surface area (Å²) in [6, 6.07) is 18.9. The van der Waals surface area contributed by atoms with Gasteiger partial charge in [-0.2, -0.15) is 0 Å². The molecule has 0 bridgehead atoms. The first kappa shape index (κ1) is 30.0. The van der Waals surface area contributed by atoms with Crippen molar-refractivity contribution in [2.75, 3.05) is 0 Å². The maximum absolute atomic E-state index is 5.38. The Hall–Kier alpha value is -4.89. The third-order valence-corrected chi connectivity index (χ3v) is 12.2. The second-order valence-electron chi connectivity index (χ2n) is 15.1. The molecule has 3 aromatic rings. The molecule has 7 aliphatic rings. The highest BCUT2D eigenvalue weighted by atomic mass is 15.2. The topological polar surface area (TPSA) is 20.5 Å². The van der Waals surface area contributed by atoms with Gasteiger partial charge in [-0.05, 0) is 110 Å². The van der Waals surface area contributed by atoms with Crippen LogP contribution in [0.15, 0.2) is 143 Å². The molecule has 2 aliphatic heterocycles. The van der Waals surface area contributed by atoms with Gasteiger partial charge in [0.25, 0.3) is 0 Å². The molecule has 10 rings (SSSR count). The van der Waals surface area contributed by atoms with Crippen LogP contribution in [0.5, 0.6) is 0 Å². The third-order valence-electron chi connectivity index (χ3n) is 12.2. The van der Waals surface area contributed by atoms with Crippen LogP contribution in [0.1, 0.15) is 86.2 Å². The highest BCUT2D eigenvalue weighted by Gasteiger charge is 2.40. The van der Waals surface area contributed by atoms with E-state index >= 15 is 0 Å². The highest BCUT2D eigenvalue weighted by Crippen LogP contribution is 2.50. The van der Waals surface area contributed by atoms with Gasteiger partial charge in [0.15, 0.2) is 0 Å². The number of fused-ring (bicyclic) bond motifs is 5. The predicted octanol–water partition coefficient (Wildman–Crippen LogP) is 11.5. The second-order valence-corrected chi connectivity index (χ2v) is 15.1. The maximum Gasteiger partial charge on any atom is 0.0682 e. The quantitative estimate of drug-likeness (QED) is 0.251. The lowest BCUT2D eigenvalue weighted by atomic mass is 9.82. The van der Waals surface area contributed by atoms with Gasteiger partial charge in [-0.15, -0.1) is 0 Å². The van der Waals surface area contributed by atoms with Crippen molar-refractivity contribution >= 4 is 34.0 Å². The summed E-state index contributed by atoms with van der Waals surface area (Å²) >= 11 is 0. The minimum absolute atomic E-state index is 0.254. The van der Waals surface area contributed by atoms with Crippen LogP contribution in [-0.2, 0) is 6.42 Å². The Morgan fingerprint density at radius 1 is 0.740 bits per heavy atom. The average molecular weight is 652 g/mol. The second kappa shape index (κ2) is 12.5. The molecule has 0 spiro atoms. The summed E-state index contributed by atoms with van der Waals surface area (Å²) in [7, 11) is 0. The van der Waals surface area contributed by atoms with E-state index in [1.54, 1.807) is 5.57 Å². The van der Waals surface area contributed by atoms with Crippen LogP contribution in [0.4, 0.5) is 0 Å². The van der Waals surface area contributed by atoms with Crippen LogP contribution in [0.3, 0.4) is 0 Å². The molecule has 4 unspecified atom stereocenters. The van der Waals surface area contributed by atoms with Gasteiger partial charge in [0.2, 0.25) is 0 Å². The number of aromatic nitrogens is 1. The van der Waals surface area contributed by atoms with E-state index in [0.717, 1.165) is 57.1 Å². The Kier molecular flexibility index (Phi) is 7.47. The lowest BCUT2D eigenvalue weighted by Gasteiger charge is -2.33. The third kappa shape index (κ3) is 5.04. The number of allylic oxidation sites excluding steroid dienone is 12. The van der Waals surface area contributed by atoms with Crippen molar-refractivity contribution in [3.05, 3.63) is 161 Å². The van der Waals surface area contributed by atoms with Crippen LogP contribution >= 0.6 is 0 Å². The molecule has 1 aromatic heterocycles. The van der Waals surface area contributed by atoms with E-state index in [2.05, 4.69) is 137 Å². The highest BCUT2D eigenvalue weighted by molar-refractivity contribution is 5.97. The van der Waals surface area contributed by atoms with Crippen LogP contribution in [-0.4, -0.2) is 21.2 Å². The van der Waals surface area contributed by atoms with Gasteiger partial charge < -0.3 is 9.47 Å². The van der Waals surface area contributed by atoms with E-state index in [1.165, 1.54) is 68.8 Å². The zero-order valence-corrected chi connectivity index (χ0v) is 28.8. The predicted molar refractivity (Wildman–Crippen MR) is 209 cm³/mol. The molecule has 0 amide bonds. The van der Waals surface area contributed by atoms with Gasteiger partial charge in [0, 0.05) is 57.5 Å². The van der Waals surface area contributed by atoms with Crippen molar-refractivity contribution in [1.82, 2.24) is 9.47 Å². The number of rotatable bonds is 5. The zero-order valence-electron chi connectivity index (χ0n) is 28.8. The van der Waals surface area contributed by atoms with Gasteiger partial charge >= 0.3 is 0 Å². The molecule has 50 heavy (non-hydrogen) atoms. The summed E-state index contributed by atoms with van der Waals surface area (Å²) in [5, 5.41) is 1.40. The maximum atomic E-state index is 5.38. The number of aliphatic imine (C=N–C) groups is 1. The van der Waals surface area contributed by atoms with E-state index < -0.39 is 0 Å². The van der Waals surface area contributed by atoms with Gasteiger partial charge in [0.05, 0.1) is 17.8 Å². The Labute approximate surface area is 296 Å². The van der Waals surface area contributed by atoms with Crippen LogP contribution in [0, 0.1) is 11.8 Å². The molecule has 5 aliphatic carbocycles. The fourth-order valence-electron chi connectivity index (χ4n) is 9.80. The first-order valence-corrected chi connectivity index (χ1v) is 19.1. The first-order valence-electron chi connectivity index (χ1n) is 19.1. The Morgan fingerprint density at radius 2 is 1.66 bits per heavy atom. The van der Waals surface area contributed by atoms with E-state index in [1.807, 2.05) is 0 Å². The van der Waals surface area contributed by atoms with Crippen LogP contribution < -0.4 is 0 Å². The average Bonchev–Trinajstić information content (AvgIpc) is 3.71. The number of hydrogen-bond acceptors (Lipinski definition) is 2. The molecule has 2 aromatic carbocycles. The molecule has 4 atom stereocenters. The van der Waals surface area contributed by atoms with Gasteiger partial charge in [-0.1, -0.05) is 97.2 Å². The Morgan fingerprint density at radius 3 is 2.54 bits per heavy atom. The van der Waals surface area contributed by atoms with Gasteiger partial charge in [-0.3, -0.25) is 4.99 Å². The smallest absolute Gasteiger partial charge is 0.0682 e. The van der Waals surface area contributed by atoms with Crippen molar-refractivity contribution in [3.63, 3.8) is 0 Å². The largest absolute Gasteiger partial charge is 0.337 e. The lowest BCUT2D eigenvalue weighted by molar-refractivity contribution is 0.367. The van der Waals surface area contributed by atoms with Crippen LogP contribution in [0.25, 0.3) is 28.2 Å². The number of benzene rings is 2. The zero-order chi connectivity index (χ0) is 33.0. The summed E-state index contributed by atoms with van der Waals surface area (Å²) in [4.78, 5) is 8.03. The number of nitrogens with zero attached hydrogens (tertiary/aromatic N) is 3. The van der Waals surface area contributed by atoms with Crippen molar-refractivity contribution in [2.45, 2.75) is 76.3 Å². The molecule has 3 nitrogen and oxygen atoms in total. The number of hydrogen-bond donors (Lipinski definition) is 0.